The van der Waals surface area contributed by atoms with E-state index >= 15 is 0 Å². The Labute approximate surface area is 104 Å². The zero-order valence-electron chi connectivity index (χ0n) is 11.1. The summed E-state index contributed by atoms with van der Waals surface area (Å²) in [6.07, 6.45) is 3.83. The van der Waals surface area contributed by atoms with Gasteiger partial charge in [-0.1, -0.05) is 38.6 Å². The molecule has 2 heteroatoms. The van der Waals surface area contributed by atoms with Crippen LogP contribution in [0.3, 0.4) is 0 Å². The SMILES string of the molecule is C=Cc1c(C=NC)cccc1OC(C)C(C)C. The Hall–Kier alpha value is -1.57. The molecule has 1 atom stereocenters. The normalized spacial score (nSPS) is 13.0. The van der Waals surface area contributed by atoms with E-state index in [9.17, 15) is 0 Å². The van der Waals surface area contributed by atoms with Crippen LogP contribution in [0.25, 0.3) is 6.08 Å². The van der Waals surface area contributed by atoms with Crippen LogP contribution in [-0.2, 0) is 0 Å². The second-order valence-corrected chi connectivity index (χ2v) is 4.42. The lowest BCUT2D eigenvalue weighted by Gasteiger charge is -2.20. The number of aliphatic imine (C=N–C) groups is 1. The zero-order chi connectivity index (χ0) is 12.8. The molecule has 0 fully saturated rings. The molecule has 0 bridgehead atoms. The first-order valence-corrected chi connectivity index (χ1v) is 5.94. The fourth-order valence-corrected chi connectivity index (χ4v) is 1.47. The first-order chi connectivity index (χ1) is 8.10. The van der Waals surface area contributed by atoms with Gasteiger partial charge in [-0.2, -0.15) is 0 Å². The molecule has 0 radical (unpaired) electrons. The lowest BCUT2D eigenvalue weighted by molar-refractivity contribution is 0.170. The average Bonchev–Trinajstić information content (AvgIpc) is 2.29. The van der Waals surface area contributed by atoms with Crippen molar-refractivity contribution in [2.45, 2.75) is 26.9 Å². The molecule has 0 saturated carbocycles. The minimum Gasteiger partial charge on any atom is -0.490 e. The molecule has 17 heavy (non-hydrogen) atoms. The number of nitrogens with zero attached hydrogens (tertiary/aromatic N) is 1. The zero-order valence-corrected chi connectivity index (χ0v) is 11.1. The summed E-state index contributed by atoms with van der Waals surface area (Å²) in [5, 5.41) is 0. The van der Waals surface area contributed by atoms with Crippen LogP contribution in [0.4, 0.5) is 0 Å². The van der Waals surface area contributed by atoms with Gasteiger partial charge < -0.3 is 4.74 Å². The molecule has 0 heterocycles. The Kier molecular flexibility index (Phi) is 4.95. The van der Waals surface area contributed by atoms with Crippen LogP contribution in [0.15, 0.2) is 29.8 Å². The maximum Gasteiger partial charge on any atom is 0.127 e. The van der Waals surface area contributed by atoms with Crippen LogP contribution in [-0.4, -0.2) is 19.4 Å². The summed E-state index contributed by atoms with van der Waals surface area (Å²) in [5.41, 5.74) is 2.04. The summed E-state index contributed by atoms with van der Waals surface area (Å²) < 4.78 is 5.95. The molecular formula is C15H21NO. The van der Waals surface area contributed by atoms with Gasteiger partial charge in [-0.3, -0.25) is 4.99 Å². The van der Waals surface area contributed by atoms with Gasteiger partial charge in [0.1, 0.15) is 5.75 Å². The molecule has 0 spiro atoms. The summed E-state index contributed by atoms with van der Waals surface area (Å²) in [6, 6.07) is 5.96. The number of rotatable bonds is 5. The van der Waals surface area contributed by atoms with E-state index in [2.05, 4.69) is 32.3 Å². The van der Waals surface area contributed by atoms with Gasteiger partial charge in [0.2, 0.25) is 0 Å². The quantitative estimate of drug-likeness (QED) is 0.706. The topological polar surface area (TPSA) is 21.6 Å². The van der Waals surface area contributed by atoms with Crippen molar-refractivity contribution < 1.29 is 4.74 Å². The lowest BCUT2D eigenvalue weighted by atomic mass is 10.1. The minimum absolute atomic E-state index is 0.183. The van der Waals surface area contributed by atoms with E-state index in [-0.39, 0.29) is 6.10 Å². The Morgan fingerprint density at radius 3 is 2.53 bits per heavy atom. The molecule has 0 aliphatic rings. The molecule has 1 aromatic rings. The van der Waals surface area contributed by atoms with Gasteiger partial charge in [0, 0.05) is 24.4 Å². The van der Waals surface area contributed by atoms with E-state index in [4.69, 9.17) is 4.74 Å². The van der Waals surface area contributed by atoms with E-state index in [1.54, 1.807) is 7.05 Å². The standard InChI is InChI=1S/C15H21NO/c1-6-14-13(10-16-5)8-7-9-15(14)17-12(4)11(2)3/h6-12H,1H2,2-5H3. The van der Waals surface area contributed by atoms with E-state index in [1.807, 2.05) is 30.5 Å². The van der Waals surface area contributed by atoms with Gasteiger partial charge >= 0.3 is 0 Å². The van der Waals surface area contributed by atoms with Crippen molar-refractivity contribution in [3.63, 3.8) is 0 Å². The summed E-state index contributed by atoms with van der Waals surface area (Å²) in [6.45, 7) is 10.2. The second-order valence-electron chi connectivity index (χ2n) is 4.42. The van der Waals surface area contributed by atoms with Crippen LogP contribution >= 0.6 is 0 Å². The average molecular weight is 231 g/mol. The molecule has 0 saturated heterocycles. The highest BCUT2D eigenvalue weighted by Gasteiger charge is 2.12. The summed E-state index contributed by atoms with van der Waals surface area (Å²) in [7, 11) is 1.76. The van der Waals surface area contributed by atoms with Gasteiger partial charge in [-0.05, 0) is 18.9 Å². The molecule has 92 valence electrons. The third-order valence-corrected chi connectivity index (χ3v) is 2.82. The maximum atomic E-state index is 5.95. The summed E-state index contributed by atoms with van der Waals surface area (Å²) >= 11 is 0. The predicted molar refractivity (Wildman–Crippen MR) is 75.0 cm³/mol. The van der Waals surface area contributed by atoms with E-state index in [0.29, 0.717) is 5.92 Å². The second kappa shape index (κ2) is 6.24. The van der Waals surface area contributed by atoms with Crippen LogP contribution in [0.2, 0.25) is 0 Å². The Balaban J connectivity index is 3.07. The Morgan fingerprint density at radius 1 is 1.29 bits per heavy atom. The van der Waals surface area contributed by atoms with Crippen LogP contribution in [0.5, 0.6) is 5.75 Å². The Morgan fingerprint density at radius 2 is 2.00 bits per heavy atom. The molecule has 2 nitrogen and oxygen atoms in total. The molecule has 0 aliphatic heterocycles. The highest BCUT2D eigenvalue weighted by Crippen LogP contribution is 2.25. The highest BCUT2D eigenvalue weighted by atomic mass is 16.5. The van der Waals surface area contributed by atoms with E-state index in [0.717, 1.165) is 16.9 Å². The van der Waals surface area contributed by atoms with Crippen molar-refractivity contribution in [1.82, 2.24) is 0 Å². The van der Waals surface area contributed by atoms with Crippen molar-refractivity contribution in [3.8, 4) is 5.75 Å². The van der Waals surface area contributed by atoms with Gasteiger partial charge in [0.15, 0.2) is 0 Å². The van der Waals surface area contributed by atoms with E-state index < -0.39 is 0 Å². The first-order valence-electron chi connectivity index (χ1n) is 5.94. The molecule has 0 aromatic heterocycles. The number of benzene rings is 1. The highest BCUT2D eigenvalue weighted by molar-refractivity contribution is 5.86. The van der Waals surface area contributed by atoms with Gasteiger partial charge in [0.05, 0.1) is 6.10 Å². The smallest absolute Gasteiger partial charge is 0.127 e. The maximum absolute atomic E-state index is 5.95. The molecule has 1 rings (SSSR count). The molecular weight excluding hydrogens is 210 g/mol. The van der Waals surface area contributed by atoms with Crippen molar-refractivity contribution >= 4 is 12.3 Å². The van der Waals surface area contributed by atoms with Crippen LogP contribution in [0.1, 0.15) is 31.9 Å². The molecule has 1 aromatic carbocycles. The van der Waals surface area contributed by atoms with Crippen molar-refractivity contribution in [2.24, 2.45) is 10.9 Å². The van der Waals surface area contributed by atoms with Crippen molar-refractivity contribution in [2.75, 3.05) is 7.05 Å². The van der Waals surface area contributed by atoms with Crippen molar-refractivity contribution in [3.05, 3.63) is 35.9 Å². The third-order valence-electron chi connectivity index (χ3n) is 2.82. The monoisotopic (exact) mass is 231 g/mol. The fourth-order valence-electron chi connectivity index (χ4n) is 1.47. The lowest BCUT2D eigenvalue weighted by Crippen LogP contribution is -2.19. The van der Waals surface area contributed by atoms with Crippen LogP contribution in [0, 0.1) is 5.92 Å². The fraction of sp³-hybridized carbons (Fsp3) is 0.400. The predicted octanol–water partition coefficient (Wildman–Crippen LogP) is 3.80. The van der Waals surface area contributed by atoms with E-state index in [1.165, 1.54) is 0 Å². The van der Waals surface area contributed by atoms with Crippen molar-refractivity contribution in [1.29, 1.82) is 0 Å². The van der Waals surface area contributed by atoms with Crippen LogP contribution < -0.4 is 4.74 Å². The number of ether oxygens (including phenoxy) is 1. The molecule has 0 N–H and O–H groups in total. The molecule has 0 amide bonds. The van der Waals surface area contributed by atoms with Gasteiger partial charge in [-0.25, -0.2) is 0 Å². The Bertz CT molecular complexity index is 407. The molecule has 1 unspecified atom stereocenters. The third kappa shape index (κ3) is 3.45. The van der Waals surface area contributed by atoms with Gasteiger partial charge in [-0.15, -0.1) is 0 Å². The van der Waals surface area contributed by atoms with Gasteiger partial charge in [0.25, 0.3) is 0 Å². The summed E-state index contributed by atoms with van der Waals surface area (Å²) in [5.74, 6) is 1.36. The summed E-state index contributed by atoms with van der Waals surface area (Å²) in [4.78, 5) is 4.04. The first kappa shape index (κ1) is 13.5. The number of hydrogen-bond donors (Lipinski definition) is 0. The largest absolute Gasteiger partial charge is 0.490 e. The molecule has 0 aliphatic carbocycles. The minimum atomic E-state index is 0.183. The number of hydrogen-bond acceptors (Lipinski definition) is 2.